The molecule has 23 heavy (non-hydrogen) atoms. The van der Waals surface area contributed by atoms with E-state index in [4.69, 9.17) is 16.3 Å². The lowest BCUT2D eigenvalue weighted by molar-refractivity contribution is 0.0525. The summed E-state index contributed by atoms with van der Waals surface area (Å²) in [5.74, 6) is -0.0316. The summed E-state index contributed by atoms with van der Waals surface area (Å²) in [4.78, 5) is 20.2. The lowest BCUT2D eigenvalue weighted by Gasteiger charge is -2.51. The number of halogens is 1. The van der Waals surface area contributed by atoms with Gasteiger partial charge in [-0.2, -0.15) is 10.2 Å². The molecular weight excluding hydrogens is 316 g/mol. The monoisotopic (exact) mass is 334 g/mol. The first-order chi connectivity index (χ1) is 11.0. The average molecular weight is 335 g/mol. The summed E-state index contributed by atoms with van der Waals surface area (Å²) in [6.45, 7) is 2.04. The van der Waals surface area contributed by atoms with Gasteiger partial charge in [0.15, 0.2) is 0 Å². The van der Waals surface area contributed by atoms with E-state index < -0.39 is 5.97 Å². The smallest absolute Gasteiger partial charge is 0.343 e. The summed E-state index contributed by atoms with van der Waals surface area (Å²) in [6.07, 6.45) is 6.72. The van der Waals surface area contributed by atoms with Gasteiger partial charge in [0, 0.05) is 11.7 Å². The predicted molar refractivity (Wildman–Crippen MR) is 85.1 cm³/mol. The number of nitrogens with one attached hydrogen (secondary N) is 1. The zero-order valence-electron chi connectivity index (χ0n) is 13.1. The van der Waals surface area contributed by atoms with Crippen molar-refractivity contribution in [2.45, 2.75) is 51.0 Å². The third-order valence-electron chi connectivity index (χ3n) is 5.12. The van der Waals surface area contributed by atoms with Gasteiger partial charge in [0.25, 0.3) is 0 Å². The van der Waals surface area contributed by atoms with Gasteiger partial charge >= 0.3 is 5.97 Å². The second-order valence-electron chi connectivity index (χ2n) is 6.42. The summed E-state index contributed by atoms with van der Waals surface area (Å²) in [5, 5.41) is 12.9. The Bertz CT molecular complexity index is 646. The molecule has 0 amide bonds. The normalized spacial score (nSPS) is 28.9. The fraction of sp³-hybridized carbons (Fsp3) is 0.625. The summed E-state index contributed by atoms with van der Waals surface area (Å²) < 4.78 is 5.06. The first-order valence-electron chi connectivity index (χ1n) is 7.91. The van der Waals surface area contributed by atoms with Gasteiger partial charge in [0.05, 0.1) is 18.1 Å². The van der Waals surface area contributed by atoms with E-state index in [1.165, 1.54) is 6.20 Å². The van der Waals surface area contributed by atoms with Crippen LogP contribution in [0.4, 0.5) is 5.82 Å². The van der Waals surface area contributed by atoms with Crippen LogP contribution in [0.3, 0.4) is 0 Å². The Morgan fingerprint density at radius 2 is 2.04 bits per heavy atom. The zero-order valence-corrected chi connectivity index (χ0v) is 13.8. The third kappa shape index (κ3) is 2.98. The standard InChI is InChI=1S/C16H19ClN4O2/c1-2-23-13(22)11-9-19-14(17)20-12(11)21-16-6-3-15(10-18,4-7-16)5-8-16/h9H,2-8H2,1H3,(H,19,20,21). The number of hydrogen-bond donors (Lipinski definition) is 1. The van der Waals surface area contributed by atoms with Crippen molar-refractivity contribution in [3.63, 3.8) is 0 Å². The maximum Gasteiger partial charge on any atom is 0.343 e. The first kappa shape index (κ1) is 16.0. The number of anilines is 1. The summed E-state index contributed by atoms with van der Waals surface area (Å²) >= 11 is 5.90. The van der Waals surface area contributed by atoms with E-state index in [1.807, 2.05) is 0 Å². The van der Waals surface area contributed by atoms with Crippen LogP contribution in [0.2, 0.25) is 5.28 Å². The van der Waals surface area contributed by atoms with E-state index in [1.54, 1.807) is 6.92 Å². The van der Waals surface area contributed by atoms with Crippen molar-refractivity contribution in [2.24, 2.45) is 5.41 Å². The highest BCUT2D eigenvalue weighted by Crippen LogP contribution is 2.53. The van der Waals surface area contributed by atoms with E-state index in [2.05, 4.69) is 21.4 Å². The van der Waals surface area contributed by atoms with Crippen LogP contribution in [0.25, 0.3) is 0 Å². The van der Waals surface area contributed by atoms with E-state index in [-0.39, 0.29) is 22.8 Å². The highest BCUT2D eigenvalue weighted by atomic mass is 35.5. The number of hydrogen-bond acceptors (Lipinski definition) is 6. The van der Waals surface area contributed by atoms with Gasteiger partial charge in [-0.3, -0.25) is 0 Å². The second-order valence-corrected chi connectivity index (χ2v) is 6.76. The van der Waals surface area contributed by atoms with Gasteiger partial charge in [0.1, 0.15) is 11.4 Å². The van der Waals surface area contributed by atoms with Gasteiger partial charge in [-0.15, -0.1) is 0 Å². The molecule has 122 valence electrons. The molecule has 0 saturated heterocycles. The largest absolute Gasteiger partial charge is 0.462 e. The highest BCUT2D eigenvalue weighted by molar-refractivity contribution is 6.28. The van der Waals surface area contributed by atoms with Crippen molar-refractivity contribution < 1.29 is 9.53 Å². The Morgan fingerprint density at radius 1 is 1.39 bits per heavy atom. The van der Waals surface area contributed by atoms with Crippen molar-refractivity contribution in [2.75, 3.05) is 11.9 Å². The fourth-order valence-electron chi connectivity index (χ4n) is 3.61. The van der Waals surface area contributed by atoms with Gasteiger partial charge in [-0.05, 0) is 57.0 Å². The highest BCUT2D eigenvalue weighted by Gasteiger charge is 2.49. The molecule has 0 unspecified atom stereocenters. The molecule has 3 fully saturated rings. The van der Waals surface area contributed by atoms with Crippen molar-refractivity contribution in [3.8, 4) is 6.07 Å². The quantitative estimate of drug-likeness (QED) is 0.671. The number of carbonyl (C=O) groups is 1. The minimum Gasteiger partial charge on any atom is -0.462 e. The minimum atomic E-state index is -0.457. The van der Waals surface area contributed by atoms with Crippen LogP contribution in [0.5, 0.6) is 0 Å². The van der Waals surface area contributed by atoms with Crippen LogP contribution >= 0.6 is 11.6 Å². The molecule has 0 aliphatic heterocycles. The SMILES string of the molecule is CCOC(=O)c1cnc(Cl)nc1NC12CCC(C#N)(CC1)CC2. The minimum absolute atomic E-state index is 0.0925. The number of nitriles is 1. The topological polar surface area (TPSA) is 87.9 Å². The number of fused-ring (bicyclic) bond motifs is 3. The maximum atomic E-state index is 12.1. The predicted octanol–water partition coefficient (Wildman–Crippen LogP) is 3.34. The van der Waals surface area contributed by atoms with Crippen LogP contribution < -0.4 is 5.32 Å². The van der Waals surface area contributed by atoms with Crippen LogP contribution in [0.15, 0.2) is 6.20 Å². The van der Waals surface area contributed by atoms with Crippen molar-refractivity contribution in [3.05, 3.63) is 17.0 Å². The molecule has 3 aliphatic rings. The zero-order chi connectivity index (χ0) is 16.5. The van der Waals surface area contributed by atoms with Crippen LogP contribution in [-0.2, 0) is 4.74 Å². The Labute approximate surface area is 140 Å². The number of carbonyl (C=O) groups excluding carboxylic acids is 1. The molecule has 1 heterocycles. The summed E-state index contributed by atoms with van der Waals surface area (Å²) in [7, 11) is 0. The Hall–Kier alpha value is -1.87. The number of ether oxygens (including phenoxy) is 1. The molecule has 1 N–H and O–H groups in total. The van der Waals surface area contributed by atoms with Crippen LogP contribution in [0.1, 0.15) is 55.8 Å². The van der Waals surface area contributed by atoms with Gasteiger partial charge in [-0.25, -0.2) is 9.78 Å². The number of rotatable bonds is 4. The molecule has 0 spiro atoms. The lowest BCUT2D eigenvalue weighted by atomic mass is 9.58. The molecule has 6 nitrogen and oxygen atoms in total. The second kappa shape index (κ2) is 5.97. The third-order valence-corrected chi connectivity index (χ3v) is 5.30. The Kier molecular flexibility index (Phi) is 4.15. The van der Waals surface area contributed by atoms with Crippen molar-refractivity contribution >= 4 is 23.4 Å². The maximum absolute atomic E-state index is 12.1. The van der Waals surface area contributed by atoms with E-state index in [9.17, 15) is 10.1 Å². The molecule has 0 atom stereocenters. The molecular formula is C16H19ClN4O2. The average Bonchev–Trinajstić information content (AvgIpc) is 2.56. The molecule has 1 aromatic heterocycles. The Balaban J connectivity index is 1.85. The van der Waals surface area contributed by atoms with Gasteiger partial charge < -0.3 is 10.1 Å². The lowest BCUT2D eigenvalue weighted by Crippen LogP contribution is -2.50. The number of aromatic nitrogens is 2. The summed E-state index contributed by atoms with van der Waals surface area (Å²) in [5.41, 5.74) is 0.0159. The van der Waals surface area contributed by atoms with Crippen LogP contribution in [0, 0.1) is 16.7 Å². The fourth-order valence-corrected chi connectivity index (χ4v) is 3.74. The molecule has 0 aromatic carbocycles. The molecule has 3 saturated carbocycles. The van der Waals surface area contributed by atoms with E-state index >= 15 is 0 Å². The molecule has 4 rings (SSSR count). The van der Waals surface area contributed by atoms with Crippen molar-refractivity contribution in [1.29, 1.82) is 5.26 Å². The summed E-state index contributed by atoms with van der Waals surface area (Å²) in [6, 6.07) is 2.49. The molecule has 2 bridgehead atoms. The van der Waals surface area contributed by atoms with Crippen molar-refractivity contribution in [1.82, 2.24) is 9.97 Å². The van der Waals surface area contributed by atoms with Gasteiger partial charge in [0.2, 0.25) is 5.28 Å². The molecule has 3 aliphatic carbocycles. The first-order valence-corrected chi connectivity index (χ1v) is 8.28. The number of nitrogens with zero attached hydrogens (tertiary/aromatic N) is 3. The molecule has 7 heteroatoms. The molecule has 0 radical (unpaired) electrons. The van der Waals surface area contributed by atoms with E-state index in [0.717, 1.165) is 38.5 Å². The van der Waals surface area contributed by atoms with Crippen LogP contribution in [-0.4, -0.2) is 28.1 Å². The molecule has 1 aromatic rings. The van der Waals surface area contributed by atoms with E-state index in [0.29, 0.717) is 11.4 Å². The number of esters is 1. The Morgan fingerprint density at radius 3 is 2.61 bits per heavy atom. The van der Waals surface area contributed by atoms with Gasteiger partial charge in [-0.1, -0.05) is 0 Å².